The second-order valence-corrected chi connectivity index (χ2v) is 5.90. The van der Waals surface area contributed by atoms with Crippen LogP contribution in [-0.4, -0.2) is 9.91 Å². The Morgan fingerprint density at radius 1 is 1.37 bits per heavy atom. The number of nitrogens with one attached hydrogen (secondary N) is 1. The SMILES string of the molecule is CC(Nc1nc(Cl)ccc1[N+](=O)[O-])c1ccc(Cl)s1. The van der Waals surface area contributed by atoms with Crippen molar-refractivity contribution in [2.75, 3.05) is 5.32 Å². The lowest BCUT2D eigenvalue weighted by atomic mass is 10.2. The van der Waals surface area contributed by atoms with E-state index in [4.69, 9.17) is 23.2 Å². The molecule has 0 spiro atoms. The second-order valence-electron chi connectivity index (χ2n) is 3.77. The van der Waals surface area contributed by atoms with Gasteiger partial charge in [0.05, 0.1) is 15.3 Å². The molecule has 1 atom stereocenters. The Bertz CT molecular complexity index is 618. The molecule has 0 bridgehead atoms. The molecule has 2 aromatic heterocycles. The first-order chi connectivity index (χ1) is 8.97. The van der Waals surface area contributed by atoms with E-state index in [1.807, 2.05) is 13.0 Å². The number of aromatic nitrogens is 1. The van der Waals surface area contributed by atoms with Gasteiger partial charge >= 0.3 is 5.69 Å². The molecule has 1 unspecified atom stereocenters. The third-order valence-electron chi connectivity index (χ3n) is 2.41. The van der Waals surface area contributed by atoms with Crippen molar-refractivity contribution >= 4 is 46.0 Å². The first-order valence-electron chi connectivity index (χ1n) is 5.30. The molecule has 0 aliphatic heterocycles. The Labute approximate surface area is 123 Å². The summed E-state index contributed by atoms with van der Waals surface area (Å²) in [6.07, 6.45) is 0. The highest BCUT2D eigenvalue weighted by atomic mass is 35.5. The van der Waals surface area contributed by atoms with E-state index < -0.39 is 4.92 Å². The van der Waals surface area contributed by atoms with E-state index in [1.165, 1.54) is 23.5 Å². The van der Waals surface area contributed by atoms with Crippen molar-refractivity contribution in [3.05, 3.63) is 48.7 Å². The molecule has 0 aliphatic carbocycles. The maximum Gasteiger partial charge on any atom is 0.311 e. The zero-order valence-electron chi connectivity index (χ0n) is 9.76. The van der Waals surface area contributed by atoms with Crippen molar-refractivity contribution < 1.29 is 4.92 Å². The smallest absolute Gasteiger partial charge is 0.311 e. The molecule has 8 heteroatoms. The van der Waals surface area contributed by atoms with E-state index in [0.29, 0.717) is 4.34 Å². The zero-order valence-corrected chi connectivity index (χ0v) is 12.1. The molecule has 1 N–H and O–H groups in total. The monoisotopic (exact) mass is 317 g/mol. The second kappa shape index (κ2) is 5.73. The van der Waals surface area contributed by atoms with Crippen LogP contribution < -0.4 is 5.32 Å². The quantitative estimate of drug-likeness (QED) is 0.511. The number of hydrogen-bond acceptors (Lipinski definition) is 5. The Morgan fingerprint density at radius 2 is 2.11 bits per heavy atom. The zero-order chi connectivity index (χ0) is 14.0. The van der Waals surface area contributed by atoms with E-state index in [9.17, 15) is 10.1 Å². The van der Waals surface area contributed by atoms with Crippen LogP contribution in [0.5, 0.6) is 0 Å². The van der Waals surface area contributed by atoms with Gasteiger partial charge in [0, 0.05) is 10.9 Å². The summed E-state index contributed by atoms with van der Waals surface area (Å²) in [6, 6.07) is 6.20. The molecular formula is C11H9Cl2N3O2S. The van der Waals surface area contributed by atoms with E-state index in [1.54, 1.807) is 6.07 Å². The van der Waals surface area contributed by atoms with Crippen LogP contribution in [0.2, 0.25) is 9.49 Å². The van der Waals surface area contributed by atoms with Crippen LogP contribution in [0.3, 0.4) is 0 Å². The Kier molecular flexibility index (Phi) is 4.24. The predicted octanol–water partition coefficient (Wildman–Crippen LogP) is 4.53. The van der Waals surface area contributed by atoms with Gasteiger partial charge in [0.2, 0.25) is 5.82 Å². The number of nitrogens with zero attached hydrogens (tertiary/aromatic N) is 2. The third kappa shape index (κ3) is 3.34. The molecule has 5 nitrogen and oxygen atoms in total. The number of anilines is 1. The van der Waals surface area contributed by atoms with Gasteiger partial charge in [-0.15, -0.1) is 11.3 Å². The van der Waals surface area contributed by atoms with Crippen molar-refractivity contribution in [2.45, 2.75) is 13.0 Å². The van der Waals surface area contributed by atoms with Crippen molar-refractivity contribution in [2.24, 2.45) is 0 Å². The van der Waals surface area contributed by atoms with Crippen LogP contribution >= 0.6 is 34.5 Å². The Hall–Kier alpha value is -1.37. The lowest BCUT2D eigenvalue weighted by molar-refractivity contribution is -0.384. The first kappa shape index (κ1) is 14.0. The summed E-state index contributed by atoms with van der Waals surface area (Å²) in [6.45, 7) is 1.87. The van der Waals surface area contributed by atoms with Gasteiger partial charge in [-0.1, -0.05) is 23.2 Å². The fraction of sp³-hybridized carbons (Fsp3) is 0.182. The van der Waals surface area contributed by atoms with Gasteiger partial charge in [-0.3, -0.25) is 10.1 Å². The molecule has 0 saturated heterocycles. The first-order valence-corrected chi connectivity index (χ1v) is 6.87. The third-order valence-corrected chi connectivity index (χ3v) is 4.04. The summed E-state index contributed by atoms with van der Waals surface area (Å²) in [5.74, 6) is 0.148. The summed E-state index contributed by atoms with van der Waals surface area (Å²) >= 11 is 13.0. The summed E-state index contributed by atoms with van der Waals surface area (Å²) in [5, 5.41) is 14.1. The molecule has 0 aromatic carbocycles. The van der Waals surface area contributed by atoms with Crippen LogP contribution in [0.4, 0.5) is 11.5 Å². The predicted molar refractivity (Wildman–Crippen MR) is 77.3 cm³/mol. The fourth-order valence-corrected chi connectivity index (χ4v) is 2.73. The minimum atomic E-state index is -0.500. The van der Waals surface area contributed by atoms with Gasteiger partial charge in [0.15, 0.2) is 0 Å². The van der Waals surface area contributed by atoms with Crippen molar-refractivity contribution in [1.29, 1.82) is 0 Å². The topological polar surface area (TPSA) is 68.1 Å². The Morgan fingerprint density at radius 3 is 2.68 bits per heavy atom. The molecule has 0 saturated carbocycles. The molecule has 2 heterocycles. The number of thiophene rings is 1. The van der Waals surface area contributed by atoms with E-state index in [-0.39, 0.29) is 22.7 Å². The number of hydrogen-bond donors (Lipinski definition) is 1. The number of rotatable bonds is 4. The fourth-order valence-electron chi connectivity index (χ4n) is 1.52. The largest absolute Gasteiger partial charge is 0.357 e. The van der Waals surface area contributed by atoms with Crippen molar-refractivity contribution in [3.8, 4) is 0 Å². The van der Waals surface area contributed by atoms with Gasteiger partial charge < -0.3 is 5.32 Å². The molecule has 100 valence electrons. The molecule has 0 aliphatic rings. The van der Waals surface area contributed by atoms with Crippen LogP contribution in [0.15, 0.2) is 24.3 Å². The molecule has 0 amide bonds. The highest BCUT2D eigenvalue weighted by Gasteiger charge is 2.18. The summed E-state index contributed by atoms with van der Waals surface area (Å²) in [7, 11) is 0. The lowest BCUT2D eigenvalue weighted by Gasteiger charge is -2.12. The number of nitro groups is 1. The van der Waals surface area contributed by atoms with Gasteiger partial charge in [0.1, 0.15) is 5.15 Å². The standard InChI is InChI=1S/C11H9Cl2N3O2S/c1-6(8-3-5-10(13)19-8)14-11-7(16(17)18)2-4-9(12)15-11/h2-6H,1H3,(H,14,15). The highest BCUT2D eigenvalue weighted by molar-refractivity contribution is 7.16. The summed E-state index contributed by atoms with van der Waals surface area (Å²) in [4.78, 5) is 15.3. The number of pyridine rings is 1. The van der Waals surface area contributed by atoms with Crippen LogP contribution in [0.25, 0.3) is 0 Å². The number of halogens is 2. The van der Waals surface area contributed by atoms with Gasteiger partial charge in [-0.05, 0) is 25.1 Å². The minimum Gasteiger partial charge on any atom is -0.357 e. The average Bonchev–Trinajstić information content (AvgIpc) is 2.75. The summed E-state index contributed by atoms with van der Waals surface area (Å²) in [5.41, 5.74) is -0.112. The average molecular weight is 318 g/mol. The lowest BCUT2D eigenvalue weighted by Crippen LogP contribution is -2.08. The molecule has 2 rings (SSSR count). The summed E-state index contributed by atoms with van der Waals surface area (Å²) < 4.78 is 0.664. The molecule has 2 aromatic rings. The maximum absolute atomic E-state index is 10.9. The normalized spacial score (nSPS) is 12.2. The molecular weight excluding hydrogens is 309 g/mol. The van der Waals surface area contributed by atoms with E-state index in [2.05, 4.69) is 10.3 Å². The van der Waals surface area contributed by atoms with Crippen LogP contribution in [-0.2, 0) is 0 Å². The molecule has 0 radical (unpaired) electrons. The molecule has 0 fully saturated rings. The minimum absolute atomic E-state index is 0.112. The van der Waals surface area contributed by atoms with Gasteiger partial charge in [-0.25, -0.2) is 4.98 Å². The van der Waals surface area contributed by atoms with E-state index >= 15 is 0 Å². The van der Waals surface area contributed by atoms with Crippen LogP contribution in [0.1, 0.15) is 17.8 Å². The van der Waals surface area contributed by atoms with Crippen LogP contribution in [0, 0.1) is 10.1 Å². The maximum atomic E-state index is 10.9. The van der Waals surface area contributed by atoms with Crippen molar-refractivity contribution in [1.82, 2.24) is 4.98 Å². The van der Waals surface area contributed by atoms with E-state index in [0.717, 1.165) is 4.88 Å². The Balaban J connectivity index is 2.27. The van der Waals surface area contributed by atoms with Crippen molar-refractivity contribution in [3.63, 3.8) is 0 Å². The highest BCUT2D eigenvalue weighted by Crippen LogP contribution is 2.31. The van der Waals surface area contributed by atoms with Gasteiger partial charge in [-0.2, -0.15) is 0 Å². The molecule has 19 heavy (non-hydrogen) atoms. The van der Waals surface area contributed by atoms with Gasteiger partial charge in [0.25, 0.3) is 0 Å².